The molecule has 16 heavy (non-hydrogen) atoms. The molecule has 0 aliphatic carbocycles. The van der Waals surface area contributed by atoms with Crippen LogP contribution in [0.25, 0.3) is 0 Å². The van der Waals surface area contributed by atoms with Gasteiger partial charge in [0.05, 0.1) is 0 Å². The van der Waals surface area contributed by atoms with E-state index in [-0.39, 0.29) is 11.6 Å². The first-order valence-corrected chi connectivity index (χ1v) is 6.97. The summed E-state index contributed by atoms with van der Waals surface area (Å²) in [5, 5.41) is 10.7. The largest absolute Gasteiger partial charge is 0.323 e. The standard InChI is InChI=1S/C11H19N3OS/c1-8(2)6-14-10(15)13-9(12)11(14)4-3-5-16-7-11/h8H,3-7H2,1-2H3,(H2,12,13,15). The van der Waals surface area contributed by atoms with Gasteiger partial charge in [-0.1, -0.05) is 13.8 Å². The quantitative estimate of drug-likeness (QED) is 0.776. The fourth-order valence-corrected chi connectivity index (χ4v) is 3.71. The maximum Gasteiger partial charge on any atom is 0.323 e. The van der Waals surface area contributed by atoms with Gasteiger partial charge in [0.1, 0.15) is 11.4 Å². The smallest absolute Gasteiger partial charge is 0.311 e. The predicted octanol–water partition coefficient (Wildman–Crippen LogP) is 1.91. The highest BCUT2D eigenvalue weighted by Crippen LogP contribution is 2.36. The lowest BCUT2D eigenvalue weighted by Crippen LogP contribution is -2.54. The van der Waals surface area contributed by atoms with Gasteiger partial charge < -0.3 is 4.90 Å². The Hall–Kier alpha value is -0.710. The highest BCUT2D eigenvalue weighted by Gasteiger charge is 2.50. The van der Waals surface area contributed by atoms with Gasteiger partial charge in [-0.2, -0.15) is 11.8 Å². The molecule has 0 bridgehead atoms. The van der Waals surface area contributed by atoms with Gasteiger partial charge >= 0.3 is 6.03 Å². The van der Waals surface area contributed by atoms with Crippen molar-refractivity contribution in [3.63, 3.8) is 0 Å². The Morgan fingerprint density at radius 2 is 2.38 bits per heavy atom. The van der Waals surface area contributed by atoms with Gasteiger partial charge in [0.25, 0.3) is 0 Å². The van der Waals surface area contributed by atoms with Crippen molar-refractivity contribution < 1.29 is 4.79 Å². The lowest BCUT2D eigenvalue weighted by Gasteiger charge is -2.39. The van der Waals surface area contributed by atoms with Crippen molar-refractivity contribution in [1.29, 1.82) is 5.41 Å². The number of hydrogen-bond acceptors (Lipinski definition) is 3. The van der Waals surface area contributed by atoms with Crippen molar-refractivity contribution in [2.75, 3.05) is 18.1 Å². The third-order valence-corrected chi connectivity index (χ3v) is 4.49. The van der Waals surface area contributed by atoms with Crippen LogP contribution in [-0.4, -0.2) is 40.4 Å². The molecule has 2 rings (SSSR count). The minimum Gasteiger partial charge on any atom is -0.311 e. The number of carbonyl (C=O) groups excluding carboxylic acids is 1. The number of nitrogens with one attached hydrogen (secondary N) is 2. The lowest BCUT2D eigenvalue weighted by molar-refractivity contribution is 0.165. The average Bonchev–Trinajstić information content (AvgIpc) is 2.44. The van der Waals surface area contributed by atoms with E-state index >= 15 is 0 Å². The number of thioether (sulfide) groups is 1. The molecule has 1 spiro atoms. The van der Waals surface area contributed by atoms with Gasteiger partial charge in [-0.3, -0.25) is 10.7 Å². The zero-order valence-electron chi connectivity index (χ0n) is 9.88. The zero-order valence-corrected chi connectivity index (χ0v) is 10.7. The molecule has 0 radical (unpaired) electrons. The number of hydrogen-bond donors (Lipinski definition) is 2. The Bertz CT molecular complexity index is 310. The van der Waals surface area contributed by atoms with Gasteiger partial charge in [0.2, 0.25) is 0 Å². The van der Waals surface area contributed by atoms with E-state index in [4.69, 9.17) is 5.41 Å². The number of amides is 2. The van der Waals surface area contributed by atoms with E-state index in [1.54, 1.807) is 0 Å². The van der Waals surface area contributed by atoms with Crippen LogP contribution in [0.4, 0.5) is 4.79 Å². The van der Waals surface area contributed by atoms with Crippen LogP contribution in [0, 0.1) is 11.3 Å². The van der Waals surface area contributed by atoms with Crippen LogP contribution in [0.2, 0.25) is 0 Å². The summed E-state index contributed by atoms with van der Waals surface area (Å²) in [5.74, 6) is 2.88. The number of rotatable bonds is 2. The molecule has 0 aromatic carbocycles. The Morgan fingerprint density at radius 3 is 2.94 bits per heavy atom. The molecular formula is C11H19N3OS. The second-order valence-electron chi connectivity index (χ2n) is 5.00. The highest BCUT2D eigenvalue weighted by atomic mass is 32.2. The molecule has 2 saturated heterocycles. The summed E-state index contributed by atoms with van der Waals surface area (Å²) in [6, 6.07) is -0.0822. The lowest BCUT2D eigenvalue weighted by atomic mass is 9.92. The van der Waals surface area contributed by atoms with Crippen molar-refractivity contribution in [2.45, 2.75) is 32.2 Å². The highest BCUT2D eigenvalue weighted by molar-refractivity contribution is 7.99. The van der Waals surface area contributed by atoms with Crippen molar-refractivity contribution in [3.8, 4) is 0 Å². The Morgan fingerprint density at radius 1 is 1.62 bits per heavy atom. The number of nitrogens with zero attached hydrogens (tertiary/aromatic N) is 1. The van der Waals surface area contributed by atoms with Gasteiger partial charge in [0.15, 0.2) is 0 Å². The van der Waals surface area contributed by atoms with Crippen molar-refractivity contribution in [2.24, 2.45) is 5.92 Å². The summed E-state index contributed by atoms with van der Waals surface area (Å²) in [4.78, 5) is 13.7. The molecule has 2 N–H and O–H groups in total. The minimum absolute atomic E-state index is 0.0822. The Labute approximate surface area is 101 Å². The average molecular weight is 241 g/mol. The van der Waals surface area contributed by atoms with Crippen molar-refractivity contribution >= 4 is 23.6 Å². The first-order chi connectivity index (χ1) is 7.56. The molecule has 0 aromatic rings. The van der Waals surface area contributed by atoms with Crippen molar-refractivity contribution in [1.82, 2.24) is 10.2 Å². The SMILES string of the molecule is CC(C)CN1C(=O)NC(=N)C12CCCSC2. The van der Waals surface area contributed by atoms with E-state index in [0.717, 1.165) is 30.9 Å². The number of urea groups is 1. The summed E-state index contributed by atoms with van der Waals surface area (Å²) >= 11 is 1.85. The molecule has 2 aliphatic heterocycles. The molecule has 2 fully saturated rings. The fraction of sp³-hybridized carbons (Fsp3) is 0.818. The Balaban J connectivity index is 2.24. The summed E-state index contributed by atoms with van der Waals surface area (Å²) in [7, 11) is 0. The maximum absolute atomic E-state index is 11.9. The van der Waals surface area contributed by atoms with E-state index in [9.17, 15) is 4.79 Å². The predicted molar refractivity (Wildman–Crippen MR) is 67.1 cm³/mol. The van der Waals surface area contributed by atoms with Crippen LogP contribution in [0.5, 0.6) is 0 Å². The van der Waals surface area contributed by atoms with Gasteiger partial charge in [-0.25, -0.2) is 4.79 Å². The van der Waals surface area contributed by atoms with Crippen LogP contribution < -0.4 is 5.32 Å². The molecule has 4 nitrogen and oxygen atoms in total. The van der Waals surface area contributed by atoms with E-state index in [0.29, 0.717) is 11.8 Å². The first kappa shape index (κ1) is 11.8. The topological polar surface area (TPSA) is 56.2 Å². The van der Waals surface area contributed by atoms with Crippen molar-refractivity contribution in [3.05, 3.63) is 0 Å². The summed E-state index contributed by atoms with van der Waals surface area (Å²) < 4.78 is 0. The molecule has 5 heteroatoms. The van der Waals surface area contributed by atoms with Crippen LogP contribution >= 0.6 is 11.8 Å². The Kier molecular flexibility index (Phi) is 3.15. The number of carbonyl (C=O) groups is 1. The van der Waals surface area contributed by atoms with Crippen LogP contribution in [0.3, 0.4) is 0 Å². The summed E-state index contributed by atoms with van der Waals surface area (Å²) in [6.45, 7) is 4.96. The molecular weight excluding hydrogens is 222 g/mol. The monoisotopic (exact) mass is 241 g/mol. The second kappa shape index (κ2) is 4.28. The normalized spacial score (nSPS) is 30.3. The van der Waals surface area contributed by atoms with E-state index in [1.165, 1.54) is 0 Å². The molecule has 0 aromatic heterocycles. The molecule has 2 amide bonds. The molecule has 2 heterocycles. The minimum atomic E-state index is -0.329. The first-order valence-electron chi connectivity index (χ1n) is 5.81. The third-order valence-electron chi connectivity index (χ3n) is 3.23. The van der Waals surface area contributed by atoms with Crippen LogP contribution in [0.1, 0.15) is 26.7 Å². The van der Waals surface area contributed by atoms with E-state index in [2.05, 4.69) is 19.2 Å². The molecule has 0 saturated carbocycles. The van der Waals surface area contributed by atoms with Gasteiger partial charge in [-0.05, 0) is 24.5 Å². The van der Waals surface area contributed by atoms with E-state index in [1.807, 2.05) is 16.7 Å². The second-order valence-corrected chi connectivity index (χ2v) is 6.10. The summed E-state index contributed by atoms with van der Waals surface area (Å²) in [5.41, 5.74) is -0.329. The van der Waals surface area contributed by atoms with Crippen LogP contribution in [-0.2, 0) is 0 Å². The molecule has 2 aliphatic rings. The summed E-state index contributed by atoms with van der Waals surface area (Å²) in [6.07, 6.45) is 2.03. The molecule has 90 valence electrons. The third kappa shape index (κ3) is 1.81. The fourth-order valence-electron chi connectivity index (χ4n) is 2.43. The molecule has 1 unspecified atom stereocenters. The van der Waals surface area contributed by atoms with Gasteiger partial charge in [-0.15, -0.1) is 0 Å². The molecule has 1 atom stereocenters. The van der Waals surface area contributed by atoms with Crippen LogP contribution in [0.15, 0.2) is 0 Å². The maximum atomic E-state index is 11.9. The zero-order chi connectivity index (χ0) is 11.8. The van der Waals surface area contributed by atoms with Gasteiger partial charge in [0, 0.05) is 12.3 Å². The van der Waals surface area contributed by atoms with E-state index < -0.39 is 0 Å². The number of amidine groups is 1.